The van der Waals surface area contributed by atoms with Gasteiger partial charge >= 0.3 is 0 Å². The normalized spacial score (nSPS) is 21.4. The summed E-state index contributed by atoms with van der Waals surface area (Å²) >= 11 is 12.0. The van der Waals surface area contributed by atoms with Gasteiger partial charge in [0.2, 0.25) is 0 Å². The van der Waals surface area contributed by atoms with E-state index in [0.29, 0.717) is 5.88 Å². The Hall–Kier alpha value is -0.400. The van der Waals surface area contributed by atoms with Crippen LogP contribution in [0.25, 0.3) is 0 Å². The number of hydrogen-bond donors (Lipinski definition) is 0. The number of hydrogen-bond acceptors (Lipinski definition) is 1. The smallest absolute Gasteiger partial charge is 0.0488 e. The summed E-state index contributed by atoms with van der Waals surface area (Å²) in [6, 6.07) is 6.23. The molecule has 1 heterocycles. The molecule has 1 atom stereocenters. The average Bonchev–Trinajstić information content (AvgIpc) is 2.54. The van der Waals surface area contributed by atoms with Gasteiger partial charge in [-0.2, -0.15) is 0 Å². The number of nitrogens with zero attached hydrogens (tertiary/aromatic N) is 1. The molecule has 1 nitrogen and oxygen atoms in total. The predicted octanol–water partition coefficient (Wildman–Crippen LogP) is 4.71. The molecule has 3 heteroatoms. The first-order valence-electron chi connectivity index (χ1n) is 6.30. The molecule has 1 aliphatic rings. The molecule has 0 spiro atoms. The van der Waals surface area contributed by atoms with Crippen molar-refractivity contribution < 1.29 is 0 Å². The van der Waals surface area contributed by atoms with Crippen molar-refractivity contribution in [3.63, 3.8) is 0 Å². The largest absolute Gasteiger partial charge is 0.371 e. The van der Waals surface area contributed by atoms with Gasteiger partial charge in [-0.15, -0.1) is 11.6 Å². The molecule has 1 aromatic rings. The van der Waals surface area contributed by atoms with Crippen molar-refractivity contribution in [3.05, 3.63) is 28.8 Å². The third-order valence-electron chi connectivity index (χ3n) is 3.56. The molecular weight excluding hydrogens is 253 g/mol. The summed E-state index contributed by atoms with van der Waals surface area (Å²) < 4.78 is 0. The van der Waals surface area contributed by atoms with Crippen molar-refractivity contribution in [2.75, 3.05) is 18.0 Å². The lowest BCUT2D eigenvalue weighted by Crippen LogP contribution is -2.24. The van der Waals surface area contributed by atoms with Gasteiger partial charge in [0.25, 0.3) is 0 Å². The number of halogens is 2. The van der Waals surface area contributed by atoms with Gasteiger partial charge < -0.3 is 4.90 Å². The van der Waals surface area contributed by atoms with Crippen molar-refractivity contribution in [2.45, 2.75) is 32.1 Å². The van der Waals surface area contributed by atoms with Crippen molar-refractivity contribution >= 4 is 28.9 Å². The second-order valence-corrected chi connectivity index (χ2v) is 5.61. The van der Waals surface area contributed by atoms with Gasteiger partial charge in [0.15, 0.2) is 0 Å². The topological polar surface area (TPSA) is 3.24 Å². The van der Waals surface area contributed by atoms with Crippen LogP contribution in [0.4, 0.5) is 5.69 Å². The lowest BCUT2D eigenvalue weighted by Gasteiger charge is -2.23. The van der Waals surface area contributed by atoms with Crippen LogP contribution in [0, 0.1) is 5.92 Å². The van der Waals surface area contributed by atoms with Crippen molar-refractivity contribution in [1.82, 2.24) is 0 Å². The Kier molecular flexibility index (Phi) is 4.58. The van der Waals surface area contributed by atoms with E-state index < -0.39 is 0 Å². The fraction of sp³-hybridized carbons (Fsp3) is 0.571. The molecule has 0 radical (unpaired) electrons. The maximum atomic E-state index is 6.21. The summed E-state index contributed by atoms with van der Waals surface area (Å²) in [6.07, 6.45) is 3.88. The fourth-order valence-electron chi connectivity index (χ4n) is 2.36. The second kappa shape index (κ2) is 5.97. The number of benzene rings is 1. The standard InChI is InChI=1S/C14H19Cl2N/c1-11-3-2-7-17(8-6-11)13-5-4-12(10-15)14(16)9-13/h4-5,9,11H,2-3,6-8,10H2,1H3. The summed E-state index contributed by atoms with van der Waals surface area (Å²) in [7, 11) is 0. The second-order valence-electron chi connectivity index (χ2n) is 4.93. The van der Waals surface area contributed by atoms with Crippen LogP contribution in [0.15, 0.2) is 18.2 Å². The monoisotopic (exact) mass is 271 g/mol. The fourth-order valence-corrected chi connectivity index (χ4v) is 2.91. The quantitative estimate of drug-likeness (QED) is 0.705. The SMILES string of the molecule is CC1CCCN(c2ccc(CCl)c(Cl)c2)CC1. The Morgan fingerprint density at radius 2 is 2.12 bits per heavy atom. The molecule has 1 unspecified atom stereocenters. The van der Waals surface area contributed by atoms with Crippen molar-refractivity contribution in [1.29, 1.82) is 0 Å². The third kappa shape index (κ3) is 3.29. The van der Waals surface area contributed by atoms with Crippen LogP contribution in [0.1, 0.15) is 31.7 Å². The predicted molar refractivity (Wildman–Crippen MR) is 76.2 cm³/mol. The van der Waals surface area contributed by atoms with Crippen LogP contribution in [0.3, 0.4) is 0 Å². The first-order valence-corrected chi connectivity index (χ1v) is 7.21. The molecule has 0 saturated carbocycles. The maximum absolute atomic E-state index is 6.21. The van der Waals surface area contributed by atoms with Gasteiger partial charge in [0.05, 0.1) is 0 Å². The average molecular weight is 272 g/mol. The van der Waals surface area contributed by atoms with Crippen LogP contribution < -0.4 is 4.90 Å². The highest BCUT2D eigenvalue weighted by molar-refractivity contribution is 6.32. The van der Waals surface area contributed by atoms with E-state index in [0.717, 1.165) is 29.6 Å². The van der Waals surface area contributed by atoms with E-state index in [4.69, 9.17) is 23.2 Å². The van der Waals surface area contributed by atoms with E-state index in [1.807, 2.05) is 6.07 Å². The maximum Gasteiger partial charge on any atom is 0.0488 e. The molecule has 0 N–H and O–H groups in total. The minimum atomic E-state index is 0.482. The molecule has 0 aliphatic carbocycles. The molecule has 2 rings (SSSR count). The Morgan fingerprint density at radius 3 is 2.82 bits per heavy atom. The Labute approximate surface area is 114 Å². The Balaban J connectivity index is 2.13. The van der Waals surface area contributed by atoms with Gasteiger partial charge in [0.1, 0.15) is 0 Å². The van der Waals surface area contributed by atoms with E-state index in [9.17, 15) is 0 Å². The van der Waals surface area contributed by atoms with E-state index in [-0.39, 0.29) is 0 Å². The molecule has 1 fully saturated rings. The highest BCUT2D eigenvalue weighted by Gasteiger charge is 2.14. The summed E-state index contributed by atoms with van der Waals surface area (Å²) in [5.74, 6) is 1.33. The van der Waals surface area contributed by atoms with Gasteiger partial charge in [-0.3, -0.25) is 0 Å². The van der Waals surface area contributed by atoms with Gasteiger partial charge in [0, 0.05) is 29.7 Å². The summed E-state index contributed by atoms with van der Waals surface area (Å²) in [5, 5.41) is 0.787. The highest BCUT2D eigenvalue weighted by Crippen LogP contribution is 2.27. The van der Waals surface area contributed by atoms with Crippen LogP contribution >= 0.6 is 23.2 Å². The zero-order valence-corrected chi connectivity index (χ0v) is 11.8. The molecule has 0 amide bonds. The zero-order chi connectivity index (χ0) is 12.3. The first-order chi connectivity index (χ1) is 8.20. The lowest BCUT2D eigenvalue weighted by molar-refractivity contribution is 0.521. The Bertz CT molecular complexity index is 378. The minimum absolute atomic E-state index is 0.482. The van der Waals surface area contributed by atoms with Gasteiger partial charge in [-0.25, -0.2) is 0 Å². The molecule has 94 valence electrons. The number of anilines is 1. The molecule has 1 aromatic carbocycles. The molecule has 0 aromatic heterocycles. The molecule has 1 saturated heterocycles. The van der Waals surface area contributed by atoms with Gasteiger partial charge in [-0.1, -0.05) is 24.6 Å². The summed E-state index contributed by atoms with van der Waals surface area (Å²) in [6.45, 7) is 4.62. The van der Waals surface area contributed by atoms with E-state index >= 15 is 0 Å². The van der Waals surface area contributed by atoms with Crippen molar-refractivity contribution in [2.24, 2.45) is 5.92 Å². The zero-order valence-electron chi connectivity index (χ0n) is 10.3. The van der Waals surface area contributed by atoms with E-state index in [1.54, 1.807) is 0 Å². The van der Waals surface area contributed by atoms with Crippen molar-refractivity contribution in [3.8, 4) is 0 Å². The van der Waals surface area contributed by atoms with Crippen LogP contribution in [-0.2, 0) is 5.88 Å². The summed E-state index contributed by atoms with van der Waals surface area (Å²) in [5.41, 5.74) is 2.25. The molecule has 17 heavy (non-hydrogen) atoms. The number of alkyl halides is 1. The lowest BCUT2D eigenvalue weighted by atomic mass is 10.0. The number of rotatable bonds is 2. The third-order valence-corrected chi connectivity index (χ3v) is 4.20. The highest BCUT2D eigenvalue weighted by atomic mass is 35.5. The Morgan fingerprint density at radius 1 is 1.29 bits per heavy atom. The van der Waals surface area contributed by atoms with Crippen LogP contribution in [0.2, 0.25) is 5.02 Å². The van der Waals surface area contributed by atoms with Gasteiger partial charge in [-0.05, 0) is 42.9 Å². The molecule has 0 bridgehead atoms. The molecular formula is C14H19Cl2N. The van der Waals surface area contributed by atoms with E-state index in [1.165, 1.54) is 24.9 Å². The van der Waals surface area contributed by atoms with E-state index in [2.05, 4.69) is 24.0 Å². The minimum Gasteiger partial charge on any atom is -0.371 e. The first kappa shape index (κ1) is 13.0. The van der Waals surface area contributed by atoms with Crippen LogP contribution in [-0.4, -0.2) is 13.1 Å². The summed E-state index contributed by atoms with van der Waals surface area (Å²) in [4.78, 5) is 2.44. The molecule has 1 aliphatic heterocycles. The van der Waals surface area contributed by atoms with Crippen LogP contribution in [0.5, 0.6) is 0 Å².